The fraction of sp³-hybridized carbons (Fsp3) is 0.269. The van der Waals surface area contributed by atoms with Gasteiger partial charge in [-0.1, -0.05) is 55.9 Å². The Hall–Kier alpha value is -3.25. The summed E-state index contributed by atoms with van der Waals surface area (Å²) in [6.45, 7) is 5.24. The van der Waals surface area contributed by atoms with E-state index in [1.54, 1.807) is 11.1 Å². The average Bonchev–Trinajstić information content (AvgIpc) is 3.27. The Morgan fingerprint density at radius 3 is 2.72 bits per heavy atom. The number of hydrogen-bond acceptors (Lipinski definition) is 5. The molecule has 0 saturated carbocycles. The molecule has 2 heterocycles. The van der Waals surface area contributed by atoms with Crippen molar-refractivity contribution >= 4 is 32.6 Å². The maximum absolute atomic E-state index is 13.7. The van der Waals surface area contributed by atoms with E-state index >= 15 is 0 Å². The molecule has 0 N–H and O–H groups in total. The van der Waals surface area contributed by atoms with E-state index in [1.165, 1.54) is 16.9 Å². The molecule has 0 radical (unpaired) electrons. The average molecular weight is 446 g/mol. The predicted molar refractivity (Wildman–Crippen MR) is 131 cm³/mol. The number of para-hydroxylation sites is 1. The van der Waals surface area contributed by atoms with Crippen LogP contribution < -0.4 is 9.64 Å². The molecule has 4 aromatic rings. The largest absolute Gasteiger partial charge is 0.494 e. The van der Waals surface area contributed by atoms with Gasteiger partial charge in [0.25, 0.3) is 5.91 Å². The van der Waals surface area contributed by atoms with Gasteiger partial charge in [0.15, 0.2) is 5.13 Å². The number of aryl methyl sites for hydroxylation is 1. The third kappa shape index (κ3) is 4.97. The molecule has 32 heavy (non-hydrogen) atoms. The van der Waals surface area contributed by atoms with Crippen LogP contribution in [0.5, 0.6) is 5.75 Å². The van der Waals surface area contributed by atoms with Gasteiger partial charge in [0.05, 0.1) is 29.1 Å². The minimum absolute atomic E-state index is 0.117. The fourth-order valence-electron chi connectivity index (χ4n) is 3.48. The molecule has 0 aliphatic carbocycles. The normalized spacial score (nSPS) is 10.9. The Morgan fingerprint density at radius 1 is 1.06 bits per heavy atom. The third-order valence-electron chi connectivity index (χ3n) is 5.24. The Kier molecular flexibility index (Phi) is 7.12. The number of thiazole rings is 1. The summed E-state index contributed by atoms with van der Waals surface area (Å²) in [7, 11) is 0. The van der Waals surface area contributed by atoms with Crippen LogP contribution in [0.2, 0.25) is 0 Å². The van der Waals surface area contributed by atoms with E-state index in [1.807, 2.05) is 48.5 Å². The summed E-state index contributed by atoms with van der Waals surface area (Å²) in [6, 6.07) is 19.3. The lowest BCUT2D eigenvalue weighted by molar-refractivity contribution is 0.0984. The van der Waals surface area contributed by atoms with Crippen LogP contribution in [0, 0.1) is 0 Å². The maximum atomic E-state index is 13.7. The number of aromatic nitrogens is 2. The lowest BCUT2D eigenvalue weighted by Crippen LogP contribution is -2.30. The van der Waals surface area contributed by atoms with Crippen LogP contribution >= 0.6 is 11.3 Å². The number of benzene rings is 2. The SMILES string of the molecule is CCCCOc1cccc(C(=O)N(Cc2ccccn2)c2nc3c(CC)cccc3s2)c1. The summed E-state index contributed by atoms with van der Waals surface area (Å²) in [4.78, 5) is 24.7. The molecule has 0 saturated heterocycles. The summed E-state index contributed by atoms with van der Waals surface area (Å²) >= 11 is 1.53. The molecule has 0 aliphatic heterocycles. The van der Waals surface area contributed by atoms with Crippen LogP contribution in [-0.4, -0.2) is 22.5 Å². The van der Waals surface area contributed by atoms with Gasteiger partial charge in [0.1, 0.15) is 5.75 Å². The zero-order valence-electron chi connectivity index (χ0n) is 18.5. The molecule has 0 fully saturated rings. The molecule has 5 nitrogen and oxygen atoms in total. The first kappa shape index (κ1) is 22.0. The van der Waals surface area contributed by atoms with Crippen LogP contribution in [0.1, 0.15) is 48.3 Å². The van der Waals surface area contributed by atoms with E-state index in [4.69, 9.17) is 9.72 Å². The van der Waals surface area contributed by atoms with E-state index in [-0.39, 0.29) is 5.91 Å². The maximum Gasteiger partial charge on any atom is 0.260 e. The number of rotatable bonds is 9. The highest BCUT2D eigenvalue weighted by molar-refractivity contribution is 7.22. The van der Waals surface area contributed by atoms with Gasteiger partial charge >= 0.3 is 0 Å². The first-order chi connectivity index (χ1) is 15.7. The number of carbonyl (C=O) groups excluding carboxylic acids is 1. The van der Waals surface area contributed by atoms with E-state index in [0.717, 1.165) is 35.2 Å². The number of ether oxygens (including phenoxy) is 1. The highest BCUT2D eigenvalue weighted by Gasteiger charge is 2.23. The van der Waals surface area contributed by atoms with Gasteiger partial charge in [0, 0.05) is 11.8 Å². The summed E-state index contributed by atoms with van der Waals surface area (Å²) in [5.74, 6) is 0.591. The van der Waals surface area contributed by atoms with Crippen molar-refractivity contribution in [3.05, 3.63) is 83.7 Å². The van der Waals surface area contributed by atoms with Gasteiger partial charge in [-0.05, 0) is 54.8 Å². The second-order valence-corrected chi connectivity index (χ2v) is 8.57. The first-order valence-corrected chi connectivity index (χ1v) is 11.8. The van der Waals surface area contributed by atoms with Gasteiger partial charge in [-0.2, -0.15) is 0 Å². The Labute approximate surface area is 192 Å². The van der Waals surface area contributed by atoms with Gasteiger partial charge in [-0.15, -0.1) is 0 Å². The second kappa shape index (κ2) is 10.4. The molecule has 0 bridgehead atoms. The van der Waals surface area contributed by atoms with Crippen molar-refractivity contribution in [3.63, 3.8) is 0 Å². The molecule has 0 unspecified atom stereocenters. The minimum atomic E-state index is -0.117. The molecule has 164 valence electrons. The van der Waals surface area contributed by atoms with Crippen molar-refractivity contribution in [1.82, 2.24) is 9.97 Å². The monoisotopic (exact) mass is 445 g/mol. The molecular formula is C26H27N3O2S. The predicted octanol–water partition coefficient (Wildman–Crippen LogP) is 6.28. The van der Waals surface area contributed by atoms with Crippen LogP contribution in [0.25, 0.3) is 10.2 Å². The molecule has 2 aromatic carbocycles. The Balaban J connectivity index is 1.70. The van der Waals surface area contributed by atoms with Gasteiger partial charge in [0.2, 0.25) is 0 Å². The quantitative estimate of drug-likeness (QED) is 0.285. The van der Waals surface area contributed by atoms with E-state index in [9.17, 15) is 4.79 Å². The van der Waals surface area contributed by atoms with E-state index in [0.29, 0.717) is 29.6 Å². The number of unbranched alkanes of at least 4 members (excludes halogenated alkanes) is 1. The summed E-state index contributed by atoms with van der Waals surface area (Å²) in [6.07, 6.45) is 4.68. The molecule has 2 aromatic heterocycles. The van der Waals surface area contributed by atoms with Crippen molar-refractivity contribution in [2.45, 2.75) is 39.7 Å². The molecule has 0 spiro atoms. The van der Waals surface area contributed by atoms with Crippen LogP contribution in [0.3, 0.4) is 0 Å². The number of hydrogen-bond donors (Lipinski definition) is 0. The van der Waals surface area contributed by atoms with Crippen LogP contribution in [-0.2, 0) is 13.0 Å². The van der Waals surface area contributed by atoms with Crippen molar-refractivity contribution in [2.75, 3.05) is 11.5 Å². The van der Waals surface area contributed by atoms with Crippen molar-refractivity contribution in [2.24, 2.45) is 0 Å². The summed E-state index contributed by atoms with van der Waals surface area (Å²) < 4.78 is 6.90. The van der Waals surface area contributed by atoms with Gasteiger partial charge in [-0.3, -0.25) is 14.7 Å². The number of amides is 1. The molecule has 4 rings (SSSR count). The number of fused-ring (bicyclic) bond motifs is 1. The molecule has 0 atom stereocenters. The fourth-order valence-corrected chi connectivity index (χ4v) is 4.49. The highest BCUT2D eigenvalue weighted by Crippen LogP contribution is 2.33. The van der Waals surface area contributed by atoms with Crippen molar-refractivity contribution < 1.29 is 9.53 Å². The lowest BCUT2D eigenvalue weighted by atomic mass is 10.1. The Morgan fingerprint density at radius 2 is 1.94 bits per heavy atom. The van der Waals surface area contributed by atoms with Crippen LogP contribution in [0.4, 0.5) is 5.13 Å². The number of pyridine rings is 1. The first-order valence-electron chi connectivity index (χ1n) is 11.0. The number of nitrogens with zero attached hydrogens (tertiary/aromatic N) is 3. The Bertz CT molecular complexity index is 1190. The highest BCUT2D eigenvalue weighted by atomic mass is 32.1. The smallest absolute Gasteiger partial charge is 0.260 e. The molecule has 1 amide bonds. The topological polar surface area (TPSA) is 55.3 Å². The van der Waals surface area contributed by atoms with Gasteiger partial charge in [-0.25, -0.2) is 4.98 Å². The second-order valence-electron chi connectivity index (χ2n) is 7.56. The van der Waals surface area contributed by atoms with Gasteiger partial charge < -0.3 is 4.74 Å². The zero-order chi connectivity index (χ0) is 22.3. The third-order valence-corrected chi connectivity index (χ3v) is 6.29. The standard InChI is InChI=1S/C26H27N3O2S/c1-3-5-16-31-22-13-8-11-20(17-22)25(30)29(18-21-12-6-7-15-27-21)26-28-24-19(4-2)10-9-14-23(24)32-26/h6-15,17H,3-5,16,18H2,1-2H3. The van der Waals surface area contributed by atoms with Crippen LogP contribution in [0.15, 0.2) is 66.9 Å². The van der Waals surface area contributed by atoms with Crippen molar-refractivity contribution in [3.8, 4) is 5.75 Å². The number of anilines is 1. The summed E-state index contributed by atoms with van der Waals surface area (Å²) in [5.41, 5.74) is 3.53. The van der Waals surface area contributed by atoms with Crippen molar-refractivity contribution in [1.29, 1.82) is 0 Å². The minimum Gasteiger partial charge on any atom is -0.494 e. The molecule has 6 heteroatoms. The molecular weight excluding hydrogens is 418 g/mol. The van der Waals surface area contributed by atoms with E-state index < -0.39 is 0 Å². The molecule has 0 aliphatic rings. The summed E-state index contributed by atoms with van der Waals surface area (Å²) in [5, 5.41) is 0.675. The lowest BCUT2D eigenvalue weighted by Gasteiger charge is -2.20. The zero-order valence-corrected chi connectivity index (χ0v) is 19.3. The van der Waals surface area contributed by atoms with E-state index in [2.05, 4.69) is 31.0 Å². The number of carbonyl (C=O) groups is 1.